The number of nitrogens with one attached hydrogen (secondary N) is 1. The Labute approximate surface area is 56.2 Å². The summed E-state index contributed by atoms with van der Waals surface area (Å²) < 4.78 is 12.1. The van der Waals surface area contributed by atoms with E-state index in [1.54, 1.807) is 0 Å². The normalized spacial score (nSPS) is 16.9. The summed E-state index contributed by atoms with van der Waals surface area (Å²) in [6.07, 6.45) is 2.17. The molecule has 0 saturated carbocycles. The summed E-state index contributed by atoms with van der Waals surface area (Å²) in [7, 11) is 0. The zero-order valence-electron chi connectivity index (χ0n) is 5.00. The second-order valence-electron chi connectivity index (χ2n) is 1.78. The molecule has 1 rings (SSSR count). The van der Waals surface area contributed by atoms with Gasteiger partial charge >= 0.3 is 0 Å². The summed E-state index contributed by atoms with van der Waals surface area (Å²) in [6, 6.07) is 0. The number of allylic oxidation sites excluding steroid dienone is 2. The van der Waals surface area contributed by atoms with E-state index in [2.05, 4.69) is 5.32 Å². The fourth-order valence-corrected chi connectivity index (χ4v) is 0.588. The van der Waals surface area contributed by atoms with Crippen LogP contribution in [0.4, 0.5) is 4.39 Å². The van der Waals surface area contributed by atoms with Crippen LogP contribution in [0.1, 0.15) is 0 Å². The fourth-order valence-electron chi connectivity index (χ4n) is 0.588. The molecule has 0 saturated heterocycles. The lowest BCUT2D eigenvalue weighted by Gasteiger charge is -2.04. The van der Waals surface area contributed by atoms with Crippen molar-refractivity contribution in [2.75, 3.05) is 6.54 Å². The highest BCUT2D eigenvalue weighted by molar-refractivity contribution is 5.15. The second-order valence-corrected chi connectivity index (χ2v) is 1.78. The van der Waals surface area contributed by atoms with Crippen LogP contribution in [0.2, 0.25) is 0 Å². The van der Waals surface area contributed by atoms with E-state index in [9.17, 15) is 14.5 Å². The highest BCUT2D eigenvalue weighted by Gasteiger charge is 2.13. The smallest absolute Gasteiger partial charge is 0.265 e. The minimum Gasteiger partial charge on any atom is -0.352 e. The summed E-state index contributed by atoms with van der Waals surface area (Å²) in [6.45, 7) is -0.0463. The molecule has 0 aromatic heterocycles. The van der Waals surface area contributed by atoms with E-state index >= 15 is 0 Å². The van der Waals surface area contributed by atoms with Crippen molar-refractivity contribution in [3.05, 3.63) is 33.9 Å². The summed E-state index contributed by atoms with van der Waals surface area (Å²) in [5, 5.41) is 12.2. The van der Waals surface area contributed by atoms with Crippen LogP contribution in [0.5, 0.6) is 0 Å². The van der Waals surface area contributed by atoms with E-state index in [0.717, 1.165) is 12.2 Å². The molecule has 10 heavy (non-hydrogen) atoms. The molecule has 5 heteroatoms. The number of nitrogens with zero attached hydrogens (tertiary/aromatic N) is 1. The van der Waals surface area contributed by atoms with Crippen molar-refractivity contribution in [2.45, 2.75) is 0 Å². The zero-order valence-corrected chi connectivity index (χ0v) is 5.00. The first-order valence-electron chi connectivity index (χ1n) is 2.65. The Bertz CT molecular complexity index is 222. The van der Waals surface area contributed by atoms with E-state index < -0.39 is 10.9 Å². The Balaban J connectivity index is 2.74. The van der Waals surface area contributed by atoms with E-state index in [0.29, 0.717) is 0 Å². The van der Waals surface area contributed by atoms with Gasteiger partial charge in [0.1, 0.15) is 6.54 Å². The Morgan fingerprint density at radius 3 is 2.80 bits per heavy atom. The summed E-state index contributed by atoms with van der Waals surface area (Å²) in [5.41, 5.74) is -0.0265. The highest BCUT2D eigenvalue weighted by Crippen LogP contribution is 2.04. The van der Waals surface area contributed by atoms with Crippen LogP contribution in [-0.2, 0) is 0 Å². The average molecular weight is 144 g/mol. The number of dihydropyridines is 1. The van der Waals surface area contributed by atoms with E-state index in [1.807, 2.05) is 0 Å². The molecule has 54 valence electrons. The molecule has 0 spiro atoms. The second kappa shape index (κ2) is 2.47. The van der Waals surface area contributed by atoms with Gasteiger partial charge in [-0.05, 0) is 6.08 Å². The first-order chi connectivity index (χ1) is 4.70. The first kappa shape index (κ1) is 6.73. The molecule has 0 aromatic rings. The molecule has 1 N–H and O–H groups in total. The Kier molecular flexibility index (Phi) is 1.66. The summed E-state index contributed by atoms with van der Waals surface area (Å²) in [4.78, 5) is 9.46. The molecule has 0 fully saturated rings. The molecule has 0 atom stereocenters. The van der Waals surface area contributed by atoms with Crippen LogP contribution in [0.25, 0.3) is 0 Å². The molecule has 1 aliphatic rings. The van der Waals surface area contributed by atoms with E-state index in [-0.39, 0.29) is 12.2 Å². The molecule has 0 aromatic carbocycles. The molecule has 0 bridgehead atoms. The third kappa shape index (κ3) is 1.31. The third-order valence-electron chi connectivity index (χ3n) is 1.09. The molecule has 1 aliphatic heterocycles. The van der Waals surface area contributed by atoms with Crippen LogP contribution in [0.15, 0.2) is 23.8 Å². The van der Waals surface area contributed by atoms with Gasteiger partial charge in [0.05, 0.1) is 4.92 Å². The molecule has 0 radical (unpaired) electrons. The lowest BCUT2D eigenvalue weighted by molar-refractivity contribution is -0.426. The Morgan fingerprint density at radius 2 is 2.40 bits per heavy atom. The van der Waals surface area contributed by atoms with Gasteiger partial charge in [0.25, 0.3) is 5.70 Å². The largest absolute Gasteiger partial charge is 0.352 e. The van der Waals surface area contributed by atoms with Gasteiger partial charge in [-0.15, -0.1) is 0 Å². The quantitative estimate of drug-likeness (QED) is 0.332. The van der Waals surface area contributed by atoms with Crippen molar-refractivity contribution < 1.29 is 9.31 Å². The maximum atomic E-state index is 12.1. The van der Waals surface area contributed by atoms with Crippen molar-refractivity contribution >= 4 is 0 Å². The summed E-state index contributed by atoms with van der Waals surface area (Å²) in [5.74, 6) is -0.536. The average Bonchev–Trinajstić information content (AvgIpc) is 1.88. The highest BCUT2D eigenvalue weighted by atomic mass is 19.1. The standard InChI is InChI=1S/C5H5FN2O2/c6-5-2-1-4(3-7-5)8(9)10/h1-2,7H,3H2. The maximum Gasteiger partial charge on any atom is 0.265 e. The Hall–Kier alpha value is -1.39. The SMILES string of the molecule is O=[N+]([O-])C1=CC=C(F)NC1. The molecule has 0 aliphatic carbocycles. The third-order valence-corrected chi connectivity index (χ3v) is 1.09. The number of hydrogen-bond donors (Lipinski definition) is 1. The predicted molar refractivity (Wildman–Crippen MR) is 32.3 cm³/mol. The van der Waals surface area contributed by atoms with Crippen molar-refractivity contribution in [3.8, 4) is 0 Å². The van der Waals surface area contributed by atoms with Crippen molar-refractivity contribution in [1.29, 1.82) is 0 Å². The van der Waals surface area contributed by atoms with Crippen LogP contribution < -0.4 is 5.32 Å². The van der Waals surface area contributed by atoms with Crippen molar-refractivity contribution in [3.63, 3.8) is 0 Å². The van der Waals surface area contributed by atoms with Gasteiger partial charge in [-0.3, -0.25) is 10.1 Å². The number of hydrogen-bond acceptors (Lipinski definition) is 3. The van der Waals surface area contributed by atoms with Gasteiger partial charge in [0.15, 0.2) is 5.95 Å². The maximum absolute atomic E-state index is 12.1. The molecular formula is C5H5FN2O2. The van der Waals surface area contributed by atoms with Gasteiger partial charge in [0, 0.05) is 6.08 Å². The fraction of sp³-hybridized carbons (Fsp3) is 0.200. The van der Waals surface area contributed by atoms with Gasteiger partial charge < -0.3 is 5.32 Å². The first-order valence-corrected chi connectivity index (χ1v) is 2.65. The molecule has 0 unspecified atom stereocenters. The minimum absolute atomic E-state index is 0.0265. The van der Waals surface area contributed by atoms with Crippen LogP contribution in [0, 0.1) is 10.1 Å². The van der Waals surface area contributed by atoms with Crippen LogP contribution >= 0.6 is 0 Å². The number of nitro groups is 1. The monoisotopic (exact) mass is 144 g/mol. The molecule has 0 amide bonds. The van der Waals surface area contributed by atoms with Crippen molar-refractivity contribution in [1.82, 2.24) is 5.32 Å². The minimum atomic E-state index is -0.546. The van der Waals surface area contributed by atoms with Gasteiger partial charge in [-0.25, -0.2) is 0 Å². The van der Waals surface area contributed by atoms with E-state index in [1.165, 1.54) is 0 Å². The van der Waals surface area contributed by atoms with Crippen LogP contribution in [-0.4, -0.2) is 11.5 Å². The Morgan fingerprint density at radius 1 is 1.70 bits per heavy atom. The summed E-state index contributed by atoms with van der Waals surface area (Å²) >= 11 is 0. The van der Waals surface area contributed by atoms with Gasteiger partial charge in [-0.2, -0.15) is 4.39 Å². The molecular weight excluding hydrogens is 139 g/mol. The van der Waals surface area contributed by atoms with Crippen molar-refractivity contribution in [2.24, 2.45) is 0 Å². The topological polar surface area (TPSA) is 55.2 Å². The zero-order chi connectivity index (χ0) is 7.56. The van der Waals surface area contributed by atoms with E-state index in [4.69, 9.17) is 0 Å². The number of halogens is 1. The predicted octanol–water partition coefficient (Wildman–Crippen LogP) is 0.561. The number of rotatable bonds is 1. The lowest BCUT2D eigenvalue weighted by Crippen LogP contribution is -2.20. The van der Waals surface area contributed by atoms with Gasteiger partial charge in [-0.1, -0.05) is 0 Å². The molecule has 4 nitrogen and oxygen atoms in total. The molecule has 1 heterocycles. The lowest BCUT2D eigenvalue weighted by atomic mass is 10.3. The van der Waals surface area contributed by atoms with Gasteiger partial charge in [0.2, 0.25) is 0 Å². The van der Waals surface area contributed by atoms with Crippen LogP contribution in [0.3, 0.4) is 0 Å².